The minimum atomic E-state index is -0.438. The van der Waals surface area contributed by atoms with Crippen LogP contribution in [0.15, 0.2) is 22.7 Å². The Morgan fingerprint density at radius 3 is 2.38 bits per heavy atom. The lowest BCUT2D eigenvalue weighted by Gasteiger charge is -2.33. The second-order valence-electron chi connectivity index (χ2n) is 4.43. The number of hydrogen-bond donors (Lipinski definition) is 1. The van der Waals surface area contributed by atoms with Crippen molar-refractivity contribution >= 4 is 27.3 Å². The van der Waals surface area contributed by atoms with E-state index in [4.69, 9.17) is 5.84 Å². The molecule has 0 radical (unpaired) electrons. The first-order valence-corrected chi connectivity index (χ1v) is 5.51. The molecule has 0 amide bonds. The molecule has 0 aromatic heterocycles. The van der Waals surface area contributed by atoms with E-state index in [1.807, 2.05) is 20.8 Å². The van der Waals surface area contributed by atoms with Crippen molar-refractivity contribution in [3.05, 3.63) is 32.8 Å². The minimum Gasteiger partial charge on any atom is -0.305 e. The maximum Gasteiger partial charge on any atom is 0.270 e. The lowest BCUT2D eigenvalue weighted by Crippen LogP contribution is -2.47. The van der Waals surface area contributed by atoms with E-state index in [0.717, 1.165) is 5.69 Å². The van der Waals surface area contributed by atoms with E-state index in [-0.39, 0.29) is 11.2 Å². The molecule has 1 rings (SSSR count). The highest BCUT2D eigenvalue weighted by molar-refractivity contribution is 9.10. The zero-order valence-electron chi connectivity index (χ0n) is 9.40. The van der Waals surface area contributed by atoms with Gasteiger partial charge >= 0.3 is 0 Å². The Hall–Kier alpha value is -1.14. The number of hydrogen-bond acceptors (Lipinski definition) is 4. The number of halogens is 1. The van der Waals surface area contributed by atoms with Crippen molar-refractivity contribution in [3.63, 3.8) is 0 Å². The van der Waals surface area contributed by atoms with E-state index in [1.54, 1.807) is 11.1 Å². The zero-order chi connectivity index (χ0) is 12.5. The Kier molecular flexibility index (Phi) is 3.54. The van der Waals surface area contributed by atoms with Crippen molar-refractivity contribution in [2.75, 3.05) is 5.01 Å². The Labute approximate surface area is 102 Å². The molecule has 6 heteroatoms. The topological polar surface area (TPSA) is 72.4 Å². The molecule has 1 aromatic carbocycles. The standard InChI is InChI=1S/C10H14BrN3O2/c1-10(2,3)13(12)9-5-4-7(14(15)16)6-8(9)11/h4-6H,12H2,1-3H3. The summed E-state index contributed by atoms with van der Waals surface area (Å²) in [6.07, 6.45) is 0. The number of benzene rings is 1. The lowest BCUT2D eigenvalue weighted by molar-refractivity contribution is -0.384. The van der Waals surface area contributed by atoms with Crippen LogP contribution < -0.4 is 10.9 Å². The van der Waals surface area contributed by atoms with Gasteiger partial charge in [-0.05, 0) is 42.8 Å². The van der Waals surface area contributed by atoms with Gasteiger partial charge < -0.3 is 5.01 Å². The van der Waals surface area contributed by atoms with Crippen LogP contribution in [0.4, 0.5) is 11.4 Å². The molecule has 2 N–H and O–H groups in total. The van der Waals surface area contributed by atoms with Crippen LogP contribution in [0.5, 0.6) is 0 Å². The fourth-order valence-corrected chi connectivity index (χ4v) is 1.72. The van der Waals surface area contributed by atoms with Crippen molar-refractivity contribution in [3.8, 4) is 0 Å². The van der Waals surface area contributed by atoms with Crippen molar-refractivity contribution in [2.24, 2.45) is 5.84 Å². The normalized spacial score (nSPS) is 11.3. The molecule has 0 unspecified atom stereocenters. The molecule has 0 aliphatic carbocycles. The van der Waals surface area contributed by atoms with Crippen LogP contribution in [-0.2, 0) is 0 Å². The van der Waals surface area contributed by atoms with Gasteiger partial charge in [0.1, 0.15) is 0 Å². The van der Waals surface area contributed by atoms with E-state index in [1.165, 1.54) is 12.1 Å². The van der Waals surface area contributed by atoms with Crippen molar-refractivity contribution in [1.29, 1.82) is 0 Å². The van der Waals surface area contributed by atoms with Gasteiger partial charge in [-0.3, -0.25) is 10.1 Å². The lowest BCUT2D eigenvalue weighted by atomic mass is 10.1. The zero-order valence-corrected chi connectivity index (χ0v) is 11.0. The molecule has 0 spiro atoms. The molecule has 0 atom stereocenters. The first kappa shape index (κ1) is 12.9. The summed E-state index contributed by atoms with van der Waals surface area (Å²) in [5.41, 5.74) is 0.509. The average molecular weight is 288 g/mol. The van der Waals surface area contributed by atoms with E-state index in [9.17, 15) is 10.1 Å². The number of nitrogens with zero attached hydrogens (tertiary/aromatic N) is 2. The van der Waals surface area contributed by atoms with Gasteiger partial charge in [0, 0.05) is 22.1 Å². The summed E-state index contributed by atoms with van der Waals surface area (Å²) in [5.74, 6) is 5.93. The fourth-order valence-electron chi connectivity index (χ4n) is 1.17. The monoisotopic (exact) mass is 287 g/mol. The fraction of sp³-hybridized carbons (Fsp3) is 0.400. The molecule has 0 saturated carbocycles. The average Bonchev–Trinajstić information content (AvgIpc) is 2.15. The predicted molar refractivity (Wildman–Crippen MR) is 67.2 cm³/mol. The molecule has 16 heavy (non-hydrogen) atoms. The number of hydrazine groups is 1. The van der Waals surface area contributed by atoms with Gasteiger partial charge in [0.05, 0.1) is 10.6 Å². The molecule has 0 heterocycles. The van der Waals surface area contributed by atoms with Gasteiger partial charge in [0.15, 0.2) is 0 Å². The van der Waals surface area contributed by atoms with Crippen LogP contribution in [0.25, 0.3) is 0 Å². The molecule has 0 aliphatic heterocycles. The predicted octanol–water partition coefficient (Wildman–Crippen LogP) is 2.84. The molecule has 1 aromatic rings. The summed E-state index contributed by atoms with van der Waals surface area (Å²) >= 11 is 3.28. The SMILES string of the molecule is CC(C)(C)N(N)c1ccc([N+](=O)[O-])cc1Br. The molecule has 0 fully saturated rings. The van der Waals surface area contributed by atoms with Gasteiger partial charge in [-0.1, -0.05) is 0 Å². The van der Waals surface area contributed by atoms with Crippen LogP contribution in [0.3, 0.4) is 0 Å². The molecule has 0 bridgehead atoms. The summed E-state index contributed by atoms with van der Waals surface area (Å²) in [6.45, 7) is 5.88. The summed E-state index contributed by atoms with van der Waals surface area (Å²) < 4.78 is 0.610. The van der Waals surface area contributed by atoms with E-state index in [0.29, 0.717) is 4.47 Å². The number of nitrogens with two attached hydrogens (primary N) is 1. The Morgan fingerprint density at radius 2 is 2.00 bits per heavy atom. The molecule has 0 saturated heterocycles. The van der Waals surface area contributed by atoms with Gasteiger partial charge in [-0.15, -0.1) is 0 Å². The third-order valence-electron chi connectivity index (χ3n) is 2.12. The third-order valence-corrected chi connectivity index (χ3v) is 2.76. The summed E-state index contributed by atoms with van der Waals surface area (Å²) in [4.78, 5) is 10.1. The maximum atomic E-state index is 10.6. The van der Waals surface area contributed by atoms with E-state index in [2.05, 4.69) is 15.9 Å². The highest BCUT2D eigenvalue weighted by Gasteiger charge is 2.21. The second-order valence-corrected chi connectivity index (χ2v) is 5.29. The first-order chi connectivity index (χ1) is 7.23. The van der Waals surface area contributed by atoms with Crippen LogP contribution in [0.1, 0.15) is 20.8 Å². The van der Waals surface area contributed by atoms with Crippen LogP contribution in [0, 0.1) is 10.1 Å². The molecule has 88 valence electrons. The maximum absolute atomic E-state index is 10.6. The second kappa shape index (κ2) is 4.39. The minimum absolute atomic E-state index is 0.0398. The summed E-state index contributed by atoms with van der Waals surface area (Å²) in [6, 6.07) is 4.51. The van der Waals surface area contributed by atoms with Crippen molar-refractivity contribution in [2.45, 2.75) is 26.3 Å². The molecule has 0 aliphatic rings. The number of nitro groups is 1. The highest BCUT2D eigenvalue weighted by Crippen LogP contribution is 2.31. The van der Waals surface area contributed by atoms with E-state index >= 15 is 0 Å². The number of non-ortho nitro benzene ring substituents is 1. The van der Waals surface area contributed by atoms with Crippen molar-refractivity contribution < 1.29 is 4.92 Å². The van der Waals surface area contributed by atoms with Gasteiger partial charge in [-0.2, -0.15) is 0 Å². The smallest absolute Gasteiger partial charge is 0.270 e. The third kappa shape index (κ3) is 2.70. The van der Waals surface area contributed by atoms with Gasteiger partial charge in [0.2, 0.25) is 0 Å². The first-order valence-electron chi connectivity index (χ1n) is 4.72. The largest absolute Gasteiger partial charge is 0.305 e. The Morgan fingerprint density at radius 1 is 1.44 bits per heavy atom. The van der Waals surface area contributed by atoms with E-state index < -0.39 is 4.92 Å². The quantitative estimate of drug-likeness (QED) is 0.516. The van der Waals surface area contributed by atoms with Crippen LogP contribution in [-0.4, -0.2) is 10.5 Å². The number of anilines is 1. The molecular formula is C10H14BrN3O2. The van der Waals surface area contributed by atoms with Crippen molar-refractivity contribution in [1.82, 2.24) is 0 Å². The number of nitro benzene ring substituents is 1. The van der Waals surface area contributed by atoms with Crippen LogP contribution >= 0.6 is 15.9 Å². The van der Waals surface area contributed by atoms with Gasteiger partial charge in [0.25, 0.3) is 5.69 Å². The molecule has 5 nitrogen and oxygen atoms in total. The Bertz CT molecular complexity index is 415. The van der Waals surface area contributed by atoms with Crippen LogP contribution in [0.2, 0.25) is 0 Å². The summed E-state index contributed by atoms with van der Waals surface area (Å²) in [5, 5.41) is 12.1. The molecular weight excluding hydrogens is 274 g/mol. The number of rotatable bonds is 2. The van der Waals surface area contributed by atoms with Gasteiger partial charge in [-0.25, -0.2) is 5.84 Å². The highest BCUT2D eigenvalue weighted by atomic mass is 79.9. The Balaban J connectivity index is 3.13. The summed E-state index contributed by atoms with van der Waals surface area (Å²) in [7, 11) is 0.